The van der Waals surface area contributed by atoms with Crippen molar-refractivity contribution in [3.05, 3.63) is 78.9 Å². The van der Waals surface area contributed by atoms with Crippen molar-refractivity contribution in [2.75, 3.05) is 30.1 Å². The van der Waals surface area contributed by atoms with E-state index in [-0.39, 0.29) is 18.4 Å². The first-order valence-corrected chi connectivity index (χ1v) is 10.3. The fourth-order valence-corrected chi connectivity index (χ4v) is 3.31. The van der Waals surface area contributed by atoms with Crippen LogP contribution in [0.2, 0.25) is 0 Å². The van der Waals surface area contributed by atoms with E-state index in [1.54, 1.807) is 30.3 Å². The highest BCUT2D eigenvalue weighted by Crippen LogP contribution is 2.28. The lowest BCUT2D eigenvalue weighted by Gasteiger charge is -2.13. The summed E-state index contributed by atoms with van der Waals surface area (Å²) in [5.41, 5.74) is 1.08. The maximum absolute atomic E-state index is 12.2. The van der Waals surface area contributed by atoms with Crippen molar-refractivity contribution < 1.29 is 19.1 Å². The van der Waals surface area contributed by atoms with E-state index in [0.717, 1.165) is 4.90 Å². The number of methoxy groups -OCH3 is 1. The van der Waals surface area contributed by atoms with Gasteiger partial charge in [-0.25, -0.2) is 0 Å². The zero-order valence-corrected chi connectivity index (χ0v) is 17.3. The van der Waals surface area contributed by atoms with Crippen LogP contribution in [0, 0.1) is 0 Å². The van der Waals surface area contributed by atoms with E-state index in [9.17, 15) is 9.59 Å². The summed E-state index contributed by atoms with van der Waals surface area (Å²) in [5, 5.41) is 5.59. The van der Waals surface area contributed by atoms with E-state index >= 15 is 0 Å². The molecule has 154 valence electrons. The lowest BCUT2D eigenvalue weighted by molar-refractivity contribution is -0.118. The number of amides is 2. The molecule has 30 heavy (non-hydrogen) atoms. The molecule has 0 aromatic heterocycles. The molecule has 0 aliphatic carbocycles. The summed E-state index contributed by atoms with van der Waals surface area (Å²) >= 11 is 1.46. The minimum Gasteiger partial charge on any atom is -0.494 e. The Hall–Kier alpha value is -3.45. The Morgan fingerprint density at radius 3 is 2.27 bits per heavy atom. The third kappa shape index (κ3) is 6.56. The van der Waals surface area contributed by atoms with Gasteiger partial charge in [0, 0.05) is 16.6 Å². The molecule has 3 rings (SSSR count). The second kappa shape index (κ2) is 10.9. The van der Waals surface area contributed by atoms with Crippen LogP contribution in [-0.2, 0) is 9.59 Å². The molecule has 7 heteroatoms. The maximum Gasteiger partial charge on any atom is 0.262 e. The van der Waals surface area contributed by atoms with Crippen molar-refractivity contribution in [2.45, 2.75) is 4.90 Å². The molecule has 0 bridgehead atoms. The summed E-state index contributed by atoms with van der Waals surface area (Å²) in [5.74, 6) is 0.913. The Morgan fingerprint density at radius 1 is 0.867 bits per heavy atom. The van der Waals surface area contributed by atoms with Gasteiger partial charge < -0.3 is 20.1 Å². The molecule has 0 unspecified atom stereocenters. The third-order valence-electron chi connectivity index (χ3n) is 3.99. The van der Waals surface area contributed by atoms with Gasteiger partial charge in [0.25, 0.3) is 5.91 Å². The molecule has 0 aliphatic rings. The molecule has 6 nitrogen and oxygen atoms in total. The Labute approximate surface area is 179 Å². The lowest BCUT2D eigenvalue weighted by Crippen LogP contribution is -2.20. The average molecular weight is 423 g/mol. The molecule has 3 aromatic carbocycles. The predicted octanol–water partition coefficient (Wildman–Crippen LogP) is 4.44. The molecule has 0 spiro atoms. The zero-order valence-electron chi connectivity index (χ0n) is 16.5. The van der Waals surface area contributed by atoms with E-state index in [0.29, 0.717) is 28.6 Å². The van der Waals surface area contributed by atoms with Crippen LogP contribution < -0.4 is 20.1 Å². The molecule has 0 saturated heterocycles. The van der Waals surface area contributed by atoms with Gasteiger partial charge in [0.2, 0.25) is 5.91 Å². The van der Waals surface area contributed by atoms with Gasteiger partial charge in [-0.3, -0.25) is 9.59 Å². The van der Waals surface area contributed by atoms with Gasteiger partial charge in [0.1, 0.15) is 11.5 Å². The summed E-state index contributed by atoms with van der Waals surface area (Å²) in [6.07, 6.45) is 0. The number of hydrogen-bond donors (Lipinski definition) is 2. The molecule has 0 heterocycles. The number of benzene rings is 3. The predicted molar refractivity (Wildman–Crippen MR) is 119 cm³/mol. The first kappa shape index (κ1) is 21.3. The van der Waals surface area contributed by atoms with Crippen LogP contribution in [0.5, 0.6) is 11.5 Å². The van der Waals surface area contributed by atoms with E-state index in [1.807, 2.05) is 48.5 Å². The van der Waals surface area contributed by atoms with Crippen molar-refractivity contribution in [3.8, 4) is 11.5 Å². The second-order valence-corrected chi connectivity index (χ2v) is 7.26. The Balaban J connectivity index is 1.53. The molecular formula is C23H22N2O4S. The first-order valence-electron chi connectivity index (χ1n) is 9.27. The number of carbonyl (C=O) groups excluding carboxylic acids is 2. The van der Waals surface area contributed by atoms with Gasteiger partial charge in [0.15, 0.2) is 6.61 Å². The zero-order chi connectivity index (χ0) is 21.2. The van der Waals surface area contributed by atoms with Crippen LogP contribution in [0.3, 0.4) is 0 Å². The molecule has 2 amide bonds. The van der Waals surface area contributed by atoms with Gasteiger partial charge in [-0.05, 0) is 36.4 Å². The Morgan fingerprint density at radius 2 is 1.57 bits per heavy atom. The maximum atomic E-state index is 12.2. The smallest absolute Gasteiger partial charge is 0.262 e. The number of rotatable bonds is 9. The quantitative estimate of drug-likeness (QED) is 0.499. The topological polar surface area (TPSA) is 76.7 Å². The number of anilines is 2. The SMILES string of the molecule is COc1cc(NC(=O)CSc2ccccc2)ccc1NC(=O)COc1ccccc1. The summed E-state index contributed by atoms with van der Waals surface area (Å²) < 4.78 is 10.8. The summed E-state index contributed by atoms with van der Waals surface area (Å²) in [6.45, 7) is -0.123. The normalized spacial score (nSPS) is 10.2. The number of nitrogens with one attached hydrogen (secondary N) is 2. The van der Waals surface area contributed by atoms with E-state index in [2.05, 4.69) is 10.6 Å². The Bertz CT molecular complexity index is 981. The fraction of sp³-hybridized carbons (Fsp3) is 0.130. The van der Waals surface area contributed by atoms with Crippen molar-refractivity contribution in [1.29, 1.82) is 0 Å². The van der Waals surface area contributed by atoms with Gasteiger partial charge >= 0.3 is 0 Å². The fourth-order valence-electron chi connectivity index (χ4n) is 2.59. The van der Waals surface area contributed by atoms with Crippen LogP contribution >= 0.6 is 11.8 Å². The van der Waals surface area contributed by atoms with Crippen LogP contribution in [0.4, 0.5) is 11.4 Å². The minimum absolute atomic E-state index is 0.123. The third-order valence-corrected chi connectivity index (χ3v) is 5.00. The number of ether oxygens (including phenoxy) is 2. The average Bonchev–Trinajstić information content (AvgIpc) is 2.78. The van der Waals surface area contributed by atoms with E-state index < -0.39 is 0 Å². The van der Waals surface area contributed by atoms with Gasteiger partial charge in [0.05, 0.1) is 18.6 Å². The lowest BCUT2D eigenvalue weighted by atomic mass is 10.2. The molecule has 2 N–H and O–H groups in total. The van der Waals surface area contributed by atoms with E-state index in [1.165, 1.54) is 18.9 Å². The van der Waals surface area contributed by atoms with Gasteiger partial charge in [-0.1, -0.05) is 36.4 Å². The van der Waals surface area contributed by atoms with Crippen LogP contribution in [0.1, 0.15) is 0 Å². The molecule has 0 fully saturated rings. The van der Waals surface area contributed by atoms with E-state index in [4.69, 9.17) is 9.47 Å². The number of hydrogen-bond acceptors (Lipinski definition) is 5. The molecule has 0 atom stereocenters. The van der Waals surface area contributed by atoms with Crippen molar-refractivity contribution in [3.63, 3.8) is 0 Å². The highest BCUT2D eigenvalue weighted by molar-refractivity contribution is 8.00. The van der Waals surface area contributed by atoms with Crippen molar-refractivity contribution >= 4 is 35.0 Å². The molecular weight excluding hydrogens is 400 g/mol. The largest absolute Gasteiger partial charge is 0.494 e. The summed E-state index contributed by atoms with van der Waals surface area (Å²) in [6, 6.07) is 23.9. The number of carbonyl (C=O) groups is 2. The second-order valence-electron chi connectivity index (χ2n) is 6.21. The van der Waals surface area contributed by atoms with Crippen molar-refractivity contribution in [2.24, 2.45) is 0 Å². The summed E-state index contributed by atoms with van der Waals surface area (Å²) in [4.78, 5) is 25.4. The minimum atomic E-state index is -0.312. The summed E-state index contributed by atoms with van der Waals surface area (Å²) in [7, 11) is 1.50. The molecule has 0 radical (unpaired) electrons. The van der Waals surface area contributed by atoms with Crippen molar-refractivity contribution in [1.82, 2.24) is 0 Å². The Kier molecular flexibility index (Phi) is 7.74. The van der Waals surface area contributed by atoms with Gasteiger partial charge in [-0.15, -0.1) is 11.8 Å². The molecule has 0 aliphatic heterocycles. The molecule has 0 saturated carbocycles. The molecule has 3 aromatic rings. The number of para-hydroxylation sites is 1. The number of thioether (sulfide) groups is 1. The van der Waals surface area contributed by atoms with Crippen LogP contribution in [-0.4, -0.2) is 31.3 Å². The van der Waals surface area contributed by atoms with Gasteiger partial charge in [-0.2, -0.15) is 0 Å². The van der Waals surface area contributed by atoms with Crippen LogP contribution in [0.25, 0.3) is 0 Å². The standard InChI is InChI=1S/C23H22N2O4S/c1-28-21-14-17(24-23(27)16-30-19-10-6-3-7-11-19)12-13-20(21)25-22(26)15-29-18-8-4-2-5-9-18/h2-14H,15-16H2,1H3,(H,24,27)(H,25,26). The highest BCUT2D eigenvalue weighted by Gasteiger charge is 2.11. The monoisotopic (exact) mass is 422 g/mol. The highest BCUT2D eigenvalue weighted by atomic mass is 32.2. The first-order chi connectivity index (χ1) is 14.6. The van der Waals surface area contributed by atoms with Crippen LogP contribution in [0.15, 0.2) is 83.8 Å².